The molecule has 0 aliphatic carbocycles. The van der Waals surface area contributed by atoms with Gasteiger partial charge in [0.1, 0.15) is 5.82 Å². The summed E-state index contributed by atoms with van der Waals surface area (Å²) in [6.07, 6.45) is 1.60. The maximum Gasteiger partial charge on any atom is 0.243 e. The third-order valence-electron chi connectivity index (χ3n) is 4.15. The van der Waals surface area contributed by atoms with Gasteiger partial charge in [-0.15, -0.1) is 0 Å². The van der Waals surface area contributed by atoms with Crippen molar-refractivity contribution in [3.05, 3.63) is 29.6 Å². The Morgan fingerprint density at radius 1 is 1.33 bits per heavy atom. The lowest BCUT2D eigenvalue weighted by molar-refractivity contribution is 0.215. The van der Waals surface area contributed by atoms with Crippen LogP contribution in [0.1, 0.15) is 32.3 Å². The predicted molar refractivity (Wildman–Crippen MR) is 81.2 cm³/mol. The monoisotopic (exact) mass is 314 g/mol. The summed E-state index contributed by atoms with van der Waals surface area (Å²) in [6.45, 7) is 6.78. The van der Waals surface area contributed by atoms with Crippen molar-refractivity contribution in [3.8, 4) is 0 Å². The van der Waals surface area contributed by atoms with Gasteiger partial charge in [0.2, 0.25) is 10.0 Å². The molecule has 21 heavy (non-hydrogen) atoms. The number of hydrogen-bond acceptors (Lipinski definition) is 3. The highest BCUT2D eigenvalue weighted by molar-refractivity contribution is 7.89. The summed E-state index contributed by atoms with van der Waals surface area (Å²) in [6, 6.07) is 4.00. The Morgan fingerprint density at radius 2 is 2.05 bits per heavy atom. The van der Waals surface area contributed by atoms with E-state index in [0.717, 1.165) is 18.9 Å². The fraction of sp³-hybridized carbons (Fsp3) is 0.600. The van der Waals surface area contributed by atoms with Crippen LogP contribution in [0.4, 0.5) is 4.39 Å². The number of benzene rings is 1. The molecule has 2 unspecified atom stereocenters. The van der Waals surface area contributed by atoms with Gasteiger partial charge < -0.3 is 5.32 Å². The van der Waals surface area contributed by atoms with Gasteiger partial charge in [0.05, 0.1) is 4.90 Å². The molecule has 0 aromatic heterocycles. The lowest BCUT2D eigenvalue weighted by Gasteiger charge is -2.39. The highest BCUT2D eigenvalue weighted by Crippen LogP contribution is 2.25. The largest absolute Gasteiger partial charge is 0.311 e. The van der Waals surface area contributed by atoms with Crippen molar-refractivity contribution in [3.63, 3.8) is 0 Å². The van der Waals surface area contributed by atoms with Gasteiger partial charge in [0.25, 0.3) is 0 Å². The molecule has 1 aliphatic rings. The van der Waals surface area contributed by atoms with Crippen LogP contribution >= 0.6 is 0 Å². The van der Waals surface area contributed by atoms with E-state index in [0.29, 0.717) is 18.7 Å². The topological polar surface area (TPSA) is 49.4 Å². The van der Waals surface area contributed by atoms with Crippen LogP contribution in [0.5, 0.6) is 0 Å². The quantitative estimate of drug-likeness (QED) is 0.927. The third-order valence-corrected chi connectivity index (χ3v) is 6.21. The number of rotatable bonds is 4. The molecule has 1 heterocycles. The molecule has 6 heteroatoms. The first-order valence-corrected chi connectivity index (χ1v) is 8.85. The standard InChI is InChI=1S/C15H23FN2O2S/c1-4-13-10-18(14(5-2)9-17-13)21(19,20)15-8-12(16)7-6-11(15)3/h6-8,13-14,17H,4-5,9-10H2,1-3H3. The lowest BCUT2D eigenvalue weighted by Crippen LogP contribution is -2.57. The second kappa shape index (κ2) is 6.42. The van der Waals surface area contributed by atoms with E-state index in [1.54, 1.807) is 11.2 Å². The van der Waals surface area contributed by atoms with Crippen molar-refractivity contribution in [1.82, 2.24) is 9.62 Å². The third kappa shape index (κ3) is 3.27. The molecule has 1 N–H and O–H groups in total. The summed E-state index contributed by atoms with van der Waals surface area (Å²) < 4.78 is 40.9. The van der Waals surface area contributed by atoms with Crippen LogP contribution in [0, 0.1) is 12.7 Å². The first-order valence-electron chi connectivity index (χ1n) is 7.41. The van der Waals surface area contributed by atoms with Crippen molar-refractivity contribution in [2.75, 3.05) is 13.1 Å². The zero-order valence-corrected chi connectivity index (χ0v) is 13.6. The molecule has 0 amide bonds. The molecule has 1 aromatic carbocycles. The molecule has 1 saturated heterocycles. The van der Waals surface area contributed by atoms with Gasteiger partial charge in [0.15, 0.2) is 0 Å². The van der Waals surface area contributed by atoms with Gasteiger partial charge in [-0.1, -0.05) is 19.9 Å². The molecule has 1 fully saturated rings. The Labute approximate surface area is 126 Å². The Balaban J connectivity index is 2.42. The van der Waals surface area contributed by atoms with Crippen LogP contribution in [0.3, 0.4) is 0 Å². The number of halogens is 1. The minimum atomic E-state index is -3.67. The molecule has 4 nitrogen and oxygen atoms in total. The Morgan fingerprint density at radius 3 is 2.67 bits per heavy atom. The molecule has 0 saturated carbocycles. The Hall–Kier alpha value is -0.980. The van der Waals surface area contributed by atoms with Crippen LogP contribution in [0.25, 0.3) is 0 Å². The van der Waals surface area contributed by atoms with Gasteiger partial charge in [0, 0.05) is 25.2 Å². The second-order valence-electron chi connectivity index (χ2n) is 5.56. The van der Waals surface area contributed by atoms with E-state index in [1.165, 1.54) is 12.1 Å². The Bertz CT molecular complexity index is 604. The van der Waals surface area contributed by atoms with Gasteiger partial charge in [-0.25, -0.2) is 12.8 Å². The second-order valence-corrected chi connectivity index (χ2v) is 7.42. The molecule has 118 valence electrons. The van der Waals surface area contributed by atoms with Crippen molar-refractivity contribution >= 4 is 10.0 Å². The summed E-state index contributed by atoms with van der Waals surface area (Å²) in [5.41, 5.74) is 0.581. The molecule has 0 radical (unpaired) electrons. The molecular weight excluding hydrogens is 291 g/mol. The van der Waals surface area contributed by atoms with Gasteiger partial charge in [-0.2, -0.15) is 4.31 Å². The summed E-state index contributed by atoms with van der Waals surface area (Å²) >= 11 is 0. The molecule has 0 spiro atoms. The highest BCUT2D eigenvalue weighted by atomic mass is 32.2. The smallest absolute Gasteiger partial charge is 0.243 e. The van der Waals surface area contributed by atoms with E-state index < -0.39 is 15.8 Å². The fourth-order valence-electron chi connectivity index (χ4n) is 2.73. The maximum absolute atomic E-state index is 13.5. The maximum atomic E-state index is 13.5. The SMILES string of the molecule is CCC1CN(S(=O)(=O)c2cc(F)ccc2C)C(CC)CN1. The highest BCUT2D eigenvalue weighted by Gasteiger charge is 2.36. The average Bonchev–Trinajstić information content (AvgIpc) is 2.48. The van der Waals surface area contributed by atoms with Gasteiger partial charge in [-0.3, -0.25) is 0 Å². The molecular formula is C15H23FN2O2S. The van der Waals surface area contributed by atoms with E-state index in [9.17, 15) is 12.8 Å². The summed E-state index contributed by atoms with van der Waals surface area (Å²) in [4.78, 5) is 0.0812. The number of hydrogen-bond donors (Lipinski definition) is 1. The van der Waals surface area contributed by atoms with Crippen LogP contribution in [0.15, 0.2) is 23.1 Å². The van der Waals surface area contributed by atoms with Crippen LogP contribution in [-0.4, -0.2) is 37.9 Å². The number of sulfonamides is 1. The van der Waals surface area contributed by atoms with Crippen molar-refractivity contribution in [2.24, 2.45) is 0 Å². The molecule has 1 aliphatic heterocycles. The summed E-state index contributed by atoms with van der Waals surface area (Å²) in [5, 5.41) is 3.37. The van der Waals surface area contributed by atoms with Gasteiger partial charge >= 0.3 is 0 Å². The fourth-order valence-corrected chi connectivity index (χ4v) is 4.71. The normalized spacial score (nSPS) is 24.2. The average molecular weight is 314 g/mol. The zero-order chi connectivity index (χ0) is 15.6. The van der Waals surface area contributed by atoms with E-state index in [-0.39, 0.29) is 17.0 Å². The first kappa shape index (κ1) is 16.4. The minimum absolute atomic E-state index is 0.0812. The minimum Gasteiger partial charge on any atom is -0.311 e. The number of piperazine rings is 1. The first-order chi connectivity index (χ1) is 9.90. The molecule has 1 aromatic rings. The van der Waals surface area contributed by atoms with E-state index in [4.69, 9.17) is 0 Å². The number of nitrogens with zero attached hydrogens (tertiary/aromatic N) is 1. The van der Waals surface area contributed by atoms with Crippen LogP contribution < -0.4 is 5.32 Å². The Kier molecular flexibility index (Phi) is 5.01. The number of nitrogens with one attached hydrogen (secondary N) is 1. The van der Waals surface area contributed by atoms with Crippen molar-refractivity contribution in [1.29, 1.82) is 0 Å². The zero-order valence-electron chi connectivity index (χ0n) is 12.8. The van der Waals surface area contributed by atoms with E-state index >= 15 is 0 Å². The lowest BCUT2D eigenvalue weighted by atomic mass is 10.1. The predicted octanol–water partition coefficient (Wildman–Crippen LogP) is 2.29. The van der Waals surface area contributed by atoms with Gasteiger partial charge in [-0.05, 0) is 37.5 Å². The van der Waals surface area contributed by atoms with Crippen molar-refractivity contribution in [2.45, 2.75) is 50.6 Å². The summed E-state index contributed by atoms with van der Waals surface area (Å²) in [5.74, 6) is -0.519. The molecule has 0 bridgehead atoms. The van der Waals surface area contributed by atoms with E-state index in [2.05, 4.69) is 5.32 Å². The van der Waals surface area contributed by atoms with Crippen LogP contribution in [0.2, 0.25) is 0 Å². The van der Waals surface area contributed by atoms with Crippen molar-refractivity contribution < 1.29 is 12.8 Å². The van der Waals surface area contributed by atoms with Crippen LogP contribution in [-0.2, 0) is 10.0 Å². The number of aryl methyl sites for hydroxylation is 1. The summed E-state index contributed by atoms with van der Waals surface area (Å²) in [7, 11) is -3.67. The van der Waals surface area contributed by atoms with E-state index in [1.807, 2.05) is 13.8 Å². The molecule has 2 atom stereocenters. The molecule has 2 rings (SSSR count).